The Bertz CT molecular complexity index is 811. The number of aromatic nitrogens is 2. The van der Waals surface area contributed by atoms with Gasteiger partial charge in [-0.15, -0.1) is 0 Å². The van der Waals surface area contributed by atoms with Crippen LogP contribution in [0.4, 0.5) is 4.39 Å². The fourth-order valence-electron chi connectivity index (χ4n) is 4.16. The Labute approximate surface area is 141 Å². The summed E-state index contributed by atoms with van der Waals surface area (Å²) in [4.78, 5) is 17.0. The van der Waals surface area contributed by atoms with Crippen molar-refractivity contribution in [2.24, 2.45) is 5.92 Å². The number of rotatable bonds is 3. The summed E-state index contributed by atoms with van der Waals surface area (Å²) < 4.78 is 16.4. The van der Waals surface area contributed by atoms with Crippen LogP contribution in [0, 0.1) is 11.7 Å². The summed E-state index contributed by atoms with van der Waals surface area (Å²) in [6.45, 7) is 2.07. The minimum Gasteiger partial charge on any atom is -0.322 e. The van der Waals surface area contributed by atoms with Crippen LogP contribution in [0.2, 0.25) is 0 Å². The number of benzene rings is 1. The molecule has 0 saturated heterocycles. The van der Waals surface area contributed by atoms with E-state index < -0.39 is 0 Å². The third kappa shape index (κ3) is 2.41. The molecule has 0 spiro atoms. The predicted octanol–water partition coefficient (Wildman–Crippen LogP) is 4.69. The number of halogens is 1. The smallest absolute Gasteiger partial charge is 0.138 e. The van der Waals surface area contributed by atoms with Gasteiger partial charge in [0.25, 0.3) is 0 Å². The maximum atomic E-state index is 14.4. The number of imidazole rings is 1. The molecule has 1 aliphatic heterocycles. The fourth-order valence-corrected chi connectivity index (χ4v) is 4.16. The lowest BCUT2D eigenvalue weighted by Crippen LogP contribution is -2.22. The van der Waals surface area contributed by atoms with Crippen LogP contribution in [0.15, 0.2) is 42.4 Å². The number of carbonyl (C=O) groups excluding carboxylic acids is 1. The number of ketones is 1. The van der Waals surface area contributed by atoms with E-state index in [0.29, 0.717) is 12.0 Å². The molecule has 2 aliphatic rings. The molecule has 0 N–H and O–H groups in total. The van der Waals surface area contributed by atoms with E-state index in [1.165, 1.54) is 11.6 Å². The molecule has 1 saturated carbocycles. The first-order chi connectivity index (χ1) is 11.7. The van der Waals surface area contributed by atoms with Gasteiger partial charge in [-0.25, -0.2) is 9.37 Å². The Morgan fingerprint density at radius 2 is 2.17 bits per heavy atom. The van der Waals surface area contributed by atoms with Gasteiger partial charge in [0.2, 0.25) is 0 Å². The molecule has 4 rings (SSSR count). The van der Waals surface area contributed by atoms with Gasteiger partial charge < -0.3 is 4.57 Å². The van der Waals surface area contributed by atoms with E-state index in [1.54, 1.807) is 18.6 Å². The Balaban J connectivity index is 1.58. The van der Waals surface area contributed by atoms with Crippen molar-refractivity contribution in [3.63, 3.8) is 0 Å². The minimum absolute atomic E-state index is 0.108. The lowest BCUT2D eigenvalue weighted by atomic mass is 9.81. The normalized spacial score (nSPS) is 22.2. The van der Waals surface area contributed by atoms with Gasteiger partial charge in [0.05, 0.1) is 24.3 Å². The van der Waals surface area contributed by atoms with Gasteiger partial charge in [0, 0.05) is 23.5 Å². The highest BCUT2D eigenvalue weighted by Crippen LogP contribution is 2.43. The summed E-state index contributed by atoms with van der Waals surface area (Å²) in [6, 6.07) is 4.86. The number of nitrogens with zero attached hydrogens (tertiary/aromatic N) is 2. The van der Waals surface area contributed by atoms with Crippen molar-refractivity contribution in [1.82, 2.24) is 9.55 Å². The van der Waals surface area contributed by atoms with E-state index in [-0.39, 0.29) is 23.6 Å². The fraction of sp³-hybridized carbons (Fsp3) is 0.400. The summed E-state index contributed by atoms with van der Waals surface area (Å²) in [5, 5.41) is 0. The maximum Gasteiger partial charge on any atom is 0.138 e. The van der Waals surface area contributed by atoms with Crippen molar-refractivity contribution < 1.29 is 9.18 Å². The van der Waals surface area contributed by atoms with Crippen LogP contribution in [0.1, 0.15) is 50.6 Å². The molecule has 1 aliphatic carbocycles. The molecule has 0 radical (unpaired) electrons. The maximum absolute atomic E-state index is 14.4. The third-order valence-corrected chi connectivity index (χ3v) is 5.55. The number of fused-ring (bicyclic) bond motifs is 3. The Morgan fingerprint density at radius 1 is 1.38 bits per heavy atom. The van der Waals surface area contributed by atoms with Crippen LogP contribution < -0.4 is 0 Å². The molecule has 0 amide bonds. The van der Waals surface area contributed by atoms with Crippen LogP contribution >= 0.6 is 0 Å². The molecule has 1 atom stereocenters. The average molecular weight is 324 g/mol. The monoisotopic (exact) mass is 324 g/mol. The zero-order chi connectivity index (χ0) is 16.7. The predicted molar refractivity (Wildman–Crippen MR) is 91.1 cm³/mol. The van der Waals surface area contributed by atoms with Gasteiger partial charge in [-0.3, -0.25) is 4.79 Å². The van der Waals surface area contributed by atoms with Gasteiger partial charge in [0.15, 0.2) is 0 Å². The average Bonchev–Trinajstić information content (AvgIpc) is 3.18. The van der Waals surface area contributed by atoms with Crippen molar-refractivity contribution in [3.05, 3.63) is 53.8 Å². The second-order valence-electron chi connectivity index (χ2n) is 6.79. The van der Waals surface area contributed by atoms with E-state index >= 15 is 0 Å². The van der Waals surface area contributed by atoms with Crippen LogP contribution in [0.3, 0.4) is 0 Å². The molecule has 24 heavy (non-hydrogen) atoms. The summed E-state index contributed by atoms with van der Waals surface area (Å²) in [5.41, 5.74) is 3.87. The van der Waals surface area contributed by atoms with Crippen molar-refractivity contribution in [3.8, 4) is 11.3 Å². The van der Waals surface area contributed by atoms with Gasteiger partial charge in [-0.05, 0) is 38.7 Å². The summed E-state index contributed by atoms with van der Waals surface area (Å²) >= 11 is 0. The lowest BCUT2D eigenvalue weighted by Gasteiger charge is -2.24. The first-order valence-electron chi connectivity index (χ1n) is 8.66. The zero-order valence-electron chi connectivity index (χ0n) is 13.8. The largest absolute Gasteiger partial charge is 0.322 e. The Kier molecular flexibility index (Phi) is 3.83. The molecule has 0 bridgehead atoms. The minimum atomic E-state index is -0.255. The second-order valence-corrected chi connectivity index (χ2v) is 6.79. The van der Waals surface area contributed by atoms with Crippen LogP contribution in [0.5, 0.6) is 0 Å². The Morgan fingerprint density at radius 3 is 2.92 bits per heavy atom. The number of Topliss-reactive ketones (excluding diaryl/α,β-unsaturated/α-hetero) is 1. The van der Waals surface area contributed by atoms with Crippen molar-refractivity contribution in [2.45, 2.75) is 45.1 Å². The molecule has 2 heterocycles. The van der Waals surface area contributed by atoms with Crippen molar-refractivity contribution in [2.75, 3.05) is 0 Å². The molecule has 124 valence electrons. The van der Waals surface area contributed by atoms with E-state index in [2.05, 4.69) is 18.0 Å². The number of hydrogen-bond donors (Lipinski definition) is 0. The second kappa shape index (κ2) is 6.00. The molecule has 3 nitrogen and oxygen atoms in total. The molecule has 4 heteroatoms. The van der Waals surface area contributed by atoms with Crippen molar-refractivity contribution >= 4 is 5.78 Å². The van der Waals surface area contributed by atoms with E-state index in [9.17, 15) is 9.18 Å². The van der Waals surface area contributed by atoms with Crippen molar-refractivity contribution in [1.29, 1.82) is 0 Å². The number of hydrogen-bond acceptors (Lipinski definition) is 2. The number of allylic oxidation sites excluding steroid dienone is 2. The third-order valence-electron chi connectivity index (χ3n) is 5.55. The van der Waals surface area contributed by atoms with Crippen LogP contribution in [-0.4, -0.2) is 15.3 Å². The molecular weight excluding hydrogens is 303 g/mol. The van der Waals surface area contributed by atoms with Gasteiger partial charge in [-0.1, -0.05) is 23.8 Å². The first kappa shape index (κ1) is 15.3. The molecule has 1 aromatic carbocycles. The van der Waals surface area contributed by atoms with E-state index in [4.69, 9.17) is 0 Å². The molecule has 1 unspecified atom stereocenters. The molecule has 1 aromatic heterocycles. The van der Waals surface area contributed by atoms with Gasteiger partial charge in [0.1, 0.15) is 11.6 Å². The lowest BCUT2D eigenvalue weighted by molar-refractivity contribution is -0.124. The molecular formula is C20H21FN2O. The van der Waals surface area contributed by atoms with Gasteiger partial charge >= 0.3 is 0 Å². The van der Waals surface area contributed by atoms with Crippen LogP contribution in [-0.2, 0) is 4.79 Å². The summed E-state index contributed by atoms with van der Waals surface area (Å²) in [5.74, 6) is 0.135. The highest BCUT2D eigenvalue weighted by molar-refractivity contribution is 5.83. The first-order valence-corrected chi connectivity index (χ1v) is 8.66. The van der Waals surface area contributed by atoms with Crippen LogP contribution in [0.25, 0.3) is 11.3 Å². The molecule has 1 fully saturated rings. The standard InChI is InChI=1S/C20H21FN2O/c1-2-13-6-8-14(9-7-13)19(24)10-17-20-15(4-3-5-16(20)21)18-11-22-12-23(17)18/h2-5,11-12,14,17H,6-10H2,1H3. The zero-order valence-corrected chi connectivity index (χ0v) is 13.8. The quantitative estimate of drug-likeness (QED) is 0.768. The summed E-state index contributed by atoms with van der Waals surface area (Å²) in [7, 11) is 0. The van der Waals surface area contributed by atoms with E-state index in [0.717, 1.165) is 36.9 Å². The highest BCUT2D eigenvalue weighted by atomic mass is 19.1. The summed E-state index contributed by atoms with van der Waals surface area (Å²) in [6.07, 6.45) is 9.86. The Hall–Kier alpha value is -2.23. The van der Waals surface area contributed by atoms with E-state index in [1.807, 2.05) is 10.6 Å². The SMILES string of the molecule is CC=C1CCC(C(=O)CC2c3c(F)cccc3-c3cncn32)CC1. The molecule has 2 aromatic rings. The van der Waals surface area contributed by atoms with Gasteiger partial charge in [-0.2, -0.15) is 0 Å². The number of carbonyl (C=O) groups is 1. The highest BCUT2D eigenvalue weighted by Gasteiger charge is 2.34. The topological polar surface area (TPSA) is 34.9 Å².